The lowest BCUT2D eigenvalue weighted by Crippen LogP contribution is -2.28. The maximum absolute atomic E-state index is 4.47. The van der Waals surface area contributed by atoms with Crippen LogP contribution in [0.5, 0.6) is 0 Å². The van der Waals surface area contributed by atoms with Crippen LogP contribution < -0.4 is 5.32 Å². The lowest BCUT2D eigenvalue weighted by atomic mass is 10.1. The van der Waals surface area contributed by atoms with E-state index in [1.54, 1.807) is 6.33 Å². The predicted molar refractivity (Wildman–Crippen MR) is 103 cm³/mol. The van der Waals surface area contributed by atoms with Crippen LogP contribution in [0.15, 0.2) is 30.6 Å². The Balaban J connectivity index is 1.33. The zero-order chi connectivity index (χ0) is 18.2. The van der Waals surface area contributed by atoms with Crippen LogP contribution in [0.2, 0.25) is 0 Å². The molecule has 0 amide bonds. The number of nitrogens with zero attached hydrogens (tertiary/aromatic N) is 6. The van der Waals surface area contributed by atoms with E-state index in [9.17, 15) is 0 Å². The van der Waals surface area contributed by atoms with Crippen LogP contribution in [0.3, 0.4) is 0 Å². The Bertz CT molecular complexity index is 961. The van der Waals surface area contributed by atoms with E-state index >= 15 is 0 Å². The Labute approximate surface area is 158 Å². The van der Waals surface area contributed by atoms with Gasteiger partial charge in [-0.2, -0.15) is 0 Å². The second kappa shape index (κ2) is 6.74. The van der Waals surface area contributed by atoms with Gasteiger partial charge in [0.15, 0.2) is 0 Å². The Morgan fingerprint density at radius 3 is 2.81 bits per heavy atom. The van der Waals surface area contributed by atoms with Crippen molar-refractivity contribution in [3.8, 4) is 0 Å². The van der Waals surface area contributed by atoms with Gasteiger partial charge in [-0.3, -0.25) is 0 Å². The third kappa shape index (κ3) is 3.19. The van der Waals surface area contributed by atoms with E-state index in [1.165, 1.54) is 17.5 Å². The van der Waals surface area contributed by atoms with Crippen molar-refractivity contribution in [2.24, 2.45) is 0 Å². The van der Waals surface area contributed by atoms with Gasteiger partial charge < -0.3 is 14.8 Å². The van der Waals surface area contributed by atoms with Gasteiger partial charge in [0.1, 0.15) is 23.8 Å². The zero-order valence-corrected chi connectivity index (χ0v) is 15.5. The molecule has 5 rings (SSSR count). The Morgan fingerprint density at radius 1 is 1.04 bits per heavy atom. The van der Waals surface area contributed by atoms with E-state index in [0.29, 0.717) is 0 Å². The summed E-state index contributed by atoms with van der Waals surface area (Å²) >= 11 is 0. The van der Waals surface area contributed by atoms with Crippen molar-refractivity contribution in [1.82, 2.24) is 29.6 Å². The standard InChI is InChI=1S/C20H23N7/c1-26-10-8-17-16(12-26)20(22-13-21-17)23-15-6-4-14(5-7-15)11-19-25-24-18-3-2-9-27(18)19/h4-7,13H,2-3,8-12H2,1H3,(H,21,22,23). The largest absolute Gasteiger partial charge is 0.340 e. The fourth-order valence-electron chi connectivity index (χ4n) is 3.95. The van der Waals surface area contributed by atoms with Gasteiger partial charge in [-0.1, -0.05) is 12.1 Å². The van der Waals surface area contributed by atoms with Crippen molar-refractivity contribution in [3.05, 3.63) is 59.1 Å². The molecule has 2 aliphatic heterocycles. The van der Waals surface area contributed by atoms with Crippen molar-refractivity contribution >= 4 is 11.5 Å². The first-order valence-electron chi connectivity index (χ1n) is 9.54. The molecule has 0 saturated heterocycles. The predicted octanol–water partition coefficient (Wildman–Crippen LogP) is 2.34. The van der Waals surface area contributed by atoms with E-state index in [4.69, 9.17) is 0 Å². The van der Waals surface area contributed by atoms with Crippen molar-refractivity contribution in [3.63, 3.8) is 0 Å². The minimum Gasteiger partial charge on any atom is -0.340 e. The van der Waals surface area contributed by atoms with Crippen LogP contribution in [0.4, 0.5) is 11.5 Å². The summed E-state index contributed by atoms with van der Waals surface area (Å²) < 4.78 is 2.26. The SMILES string of the molecule is CN1CCc2ncnc(Nc3ccc(Cc4nnc5n4CCC5)cc3)c2C1. The van der Waals surface area contributed by atoms with Crippen molar-refractivity contribution in [2.75, 3.05) is 18.9 Å². The number of aromatic nitrogens is 5. The topological polar surface area (TPSA) is 71.8 Å². The van der Waals surface area contributed by atoms with Gasteiger partial charge in [-0.05, 0) is 31.2 Å². The van der Waals surface area contributed by atoms with E-state index in [0.717, 1.165) is 67.7 Å². The lowest BCUT2D eigenvalue weighted by molar-refractivity contribution is 0.310. The number of anilines is 2. The summed E-state index contributed by atoms with van der Waals surface area (Å²) in [5, 5.41) is 12.1. The Hall–Kier alpha value is -2.80. The molecule has 1 N–H and O–H groups in total. The average molecular weight is 361 g/mol. The van der Waals surface area contributed by atoms with E-state index in [-0.39, 0.29) is 0 Å². The molecule has 7 nitrogen and oxygen atoms in total. The first kappa shape index (κ1) is 16.4. The second-order valence-electron chi connectivity index (χ2n) is 7.42. The summed E-state index contributed by atoms with van der Waals surface area (Å²) in [6.45, 7) is 2.98. The molecule has 7 heteroatoms. The summed E-state index contributed by atoms with van der Waals surface area (Å²) in [7, 11) is 2.13. The lowest BCUT2D eigenvalue weighted by Gasteiger charge is -2.25. The van der Waals surface area contributed by atoms with Gasteiger partial charge in [-0.25, -0.2) is 9.97 Å². The highest BCUT2D eigenvalue weighted by Gasteiger charge is 2.19. The molecule has 2 aliphatic rings. The highest BCUT2D eigenvalue weighted by molar-refractivity contribution is 5.60. The van der Waals surface area contributed by atoms with E-state index in [2.05, 4.69) is 66.3 Å². The maximum atomic E-state index is 4.47. The van der Waals surface area contributed by atoms with Gasteiger partial charge in [0.25, 0.3) is 0 Å². The molecule has 2 aromatic heterocycles. The van der Waals surface area contributed by atoms with Crippen LogP contribution in [0.25, 0.3) is 0 Å². The molecular formula is C20H23N7. The van der Waals surface area contributed by atoms with E-state index in [1.807, 2.05) is 0 Å². The number of likely N-dealkylation sites (N-methyl/N-ethyl adjacent to an activating group) is 1. The number of fused-ring (bicyclic) bond motifs is 2. The molecule has 0 atom stereocenters. The number of hydrogen-bond donors (Lipinski definition) is 1. The van der Waals surface area contributed by atoms with Crippen molar-refractivity contribution in [1.29, 1.82) is 0 Å². The van der Waals surface area contributed by atoms with E-state index < -0.39 is 0 Å². The molecule has 0 bridgehead atoms. The molecule has 27 heavy (non-hydrogen) atoms. The molecule has 1 aromatic carbocycles. The molecule has 0 radical (unpaired) electrons. The molecule has 4 heterocycles. The van der Waals surface area contributed by atoms with Crippen LogP contribution in [-0.4, -0.2) is 43.2 Å². The average Bonchev–Trinajstić information content (AvgIpc) is 3.29. The summed E-state index contributed by atoms with van der Waals surface area (Å²) in [6, 6.07) is 8.52. The quantitative estimate of drug-likeness (QED) is 0.769. The molecule has 138 valence electrons. The molecule has 3 aromatic rings. The summed E-state index contributed by atoms with van der Waals surface area (Å²) in [5.74, 6) is 3.10. The van der Waals surface area contributed by atoms with Crippen LogP contribution in [-0.2, 0) is 32.4 Å². The second-order valence-corrected chi connectivity index (χ2v) is 7.42. The van der Waals surface area contributed by atoms with Gasteiger partial charge in [0.2, 0.25) is 0 Å². The maximum Gasteiger partial charge on any atom is 0.138 e. The van der Waals surface area contributed by atoms with Gasteiger partial charge in [-0.15, -0.1) is 10.2 Å². The Kier molecular flexibility index (Phi) is 4.09. The minimum absolute atomic E-state index is 0.820. The van der Waals surface area contributed by atoms with Gasteiger partial charge in [0, 0.05) is 50.1 Å². The highest BCUT2D eigenvalue weighted by atomic mass is 15.3. The number of hydrogen-bond acceptors (Lipinski definition) is 6. The number of nitrogens with one attached hydrogen (secondary N) is 1. The van der Waals surface area contributed by atoms with Gasteiger partial charge in [0.05, 0.1) is 5.69 Å². The third-order valence-corrected chi connectivity index (χ3v) is 5.46. The smallest absolute Gasteiger partial charge is 0.138 e. The molecule has 0 spiro atoms. The zero-order valence-electron chi connectivity index (χ0n) is 15.5. The minimum atomic E-state index is 0.820. The van der Waals surface area contributed by atoms with Crippen LogP contribution in [0, 0.1) is 0 Å². The molecular weight excluding hydrogens is 338 g/mol. The third-order valence-electron chi connectivity index (χ3n) is 5.46. The van der Waals surface area contributed by atoms with Crippen LogP contribution >= 0.6 is 0 Å². The molecule has 0 fully saturated rings. The summed E-state index contributed by atoms with van der Waals surface area (Å²) in [4.78, 5) is 11.2. The first-order valence-corrected chi connectivity index (χ1v) is 9.54. The molecule has 0 aliphatic carbocycles. The number of rotatable bonds is 4. The first-order chi connectivity index (χ1) is 13.3. The molecule has 0 saturated carbocycles. The Morgan fingerprint density at radius 2 is 1.93 bits per heavy atom. The monoisotopic (exact) mass is 361 g/mol. The fourth-order valence-corrected chi connectivity index (χ4v) is 3.95. The summed E-state index contributed by atoms with van der Waals surface area (Å²) in [5.41, 5.74) is 4.64. The van der Waals surface area contributed by atoms with Crippen LogP contribution in [0.1, 0.15) is 34.9 Å². The number of benzene rings is 1. The fraction of sp³-hybridized carbons (Fsp3) is 0.400. The summed E-state index contributed by atoms with van der Waals surface area (Å²) in [6.07, 6.45) is 5.69. The highest BCUT2D eigenvalue weighted by Crippen LogP contribution is 2.25. The van der Waals surface area contributed by atoms with Crippen molar-refractivity contribution < 1.29 is 0 Å². The van der Waals surface area contributed by atoms with Gasteiger partial charge >= 0.3 is 0 Å². The normalized spacial score (nSPS) is 16.2. The number of aryl methyl sites for hydroxylation is 1. The molecule has 0 unspecified atom stereocenters. The van der Waals surface area contributed by atoms with Crippen molar-refractivity contribution in [2.45, 2.75) is 38.8 Å².